The molecule has 1 aromatic heterocycles. The van der Waals surface area contributed by atoms with Crippen LogP contribution in [0, 0.1) is 0 Å². The van der Waals surface area contributed by atoms with Gasteiger partial charge in [0.05, 0.1) is 20.8 Å². The second-order valence-electron chi connectivity index (χ2n) is 6.07. The number of nitrogens with two attached hydrogens (primary N) is 1. The minimum Gasteiger partial charge on any atom is -0.494 e. The minimum absolute atomic E-state index is 0.0390. The van der Waals surface area contributed by atoms with Crippen molar-refractivity contribution in [3.8, 4) is 17.2 Å². The quantitative estimate of drug-likeness (QED) is 0.391. The number of methoxy groups -OCH3 is 2. The Balaban J connectivity index is 1.71. The standard InChI is InChI=1S/C20H23N5O4S/c1-4-29-15-8-6-14(7-9-15)22-18-19(26)25(21)20(24-23-18)30-12-13-5-10-16(27-2)17(11-13)28-3/h5-11H,4,12,21H2,1-3H3,(H,22,23). The smallest absolute Gasteiger partial charge is 0.315 e. The lowest BCUT2D eigenvalue weighted by atomic mass is 10.2. The zero-order valence-corrected chi connectivity index (χ0v) is 17.7. The molecule has 30 heavy (non-hydrogen) atoms. The maximum atomic E-state index is 12.6. The number of nitrogens with one attached hydrogen (secondary N) is 1. The summed E-state index contributed by atoms with van der Waals surface area (Å²) >= 11 is 1.29. The molecule has 0 saturated heterocycles. The van der Waals surface area contributed by atoms with E-state index in [1.54, 1.807) is 38.5 Å². The van der Waals surface area contributed by atoms with Crippen molar-refractivity contribution < 1.29 is 14.2 Å². The van der Waals surface area contributed by atoms with Crippen LogP contribution in [0.5, 0.6) is 17.2 Å². The lowest BCUT2D eigenvalue weighted by Crippen LogP contribution is -2.32. The molecule has 0 spiro atoms. The molecule has 0 radical (unpaired) electrons. The fraction of sp³-hybridized carbons (Fsp3) is 0.250. The lowest BCUT2D eigenvalue weighted by molar-refractivity contribution is 0.340. The van der Waals surface area contributed by atoms with Crippen molar-refractivity contribution in [2.45, 2.75) is 17.8 Å². The van der Waals surface area contributed by atoms with Gasteiger partial charge in [0, 0.05) is 11.4 Å². The summed E-state index contributed by atoms with van der Waals surface area (Å²) in [5.41, 5.74) is 1.16. The molecule has 3 N–H and O–H groups in total. The topological polar surface area (TPSA) is 114 Å². The van der Waals surface area contributed by atoms with E-state index in [1.807, 2.05) is 25.1 Å². The molecule has 0 amide bonds. The highest BCUT2D eigenvalue weighted by Crippen LogP contribution is 2.30. The summed E-state index contributed by atoms with van der Waals surface area (Å²) in [6.45, 7) is 2.49. The molecule has 2 aromatic carbocycles. The van der Waals surface area contributed by atoms with Gasteiger partial charge in [0.2, 0.25) is 11.0 Å². The predicted molar refractivity (Wildman–Crippen MR) is 116 cm³/mol. The Kier molecular flexibility index (Phi) is 7.02. The molecule has 0 fully saturated rings. The molecule has 0 aliphatic carbocycles. The number of nitrogen functional groups attached to an aromatic ring is 1. The molecule has 0 saturated carbocycles. The van der Waals surface area contributed by atoms with E-state index in [0.717, 1.165) is 16.0 Å². The highest BCUT2D eigenvalue weighted by molar-refractivity contribution is 7.98. The molecule has 3 rings (SSSR count). The van der Waals surface area contributed by atoms with Crippen molar-refractivity contribution in [2.24, 2.45) is 0 Å². The van der Waals surface area contributed by atoms with Crippen LogP contribution in [-0.4, -0.2) is 35.7 Å². The van der Waals surface area contributed by atoms with Crippen molar-refractivity contribution in [1.29, 1.82) is 0 Å². The van der Waals surface area contributed by atoms with Gasteiger partial charge in [-0.25, -0.2) is 0 Å². The van der Waals surface area contributed by atoms with Crippen molar-refractivity contribution in [3.63, 3.8) is 0 Å². The van der Waals surface area contributed by atoms with Crippen LogP contribution in [0.2, 0.25) is 0 Å². The van der Waals surface area contributed by atoms with Crippen LogP contribution in [0.1, 0.15) is 12.5 Å². The van der Waals surface area contributed by atoms with Gasteiger partial charge >= 0.3 is 5.56 Å². The number of aromatic nitrogens is 3. The highest BCUT2D eigenvalue weighted by atomic mass is 32.2. The van der Waals surface area contributed by atoms with Crippen LogP contribution < -0.4 is 30.9 Å². The molecule has 0 bridgehead atoms. The largest absolute Gasteiger partial charge is 0.494 e. The van der Waals surface area contributed by atoms with E-state index in [9.17, 15) is 4.79 Å². The summed E-state index contributed by atoms with van der Waals surface area (Å²) < 4.78 is 16.9. The third-order valence-electron chi connectivity index (χ3n) is 4.11. The molecular weight excluding hydrogens is 406 g/mol. The van der Waals surface area contributed by atoms with Gasteiger partial charge in [-0.05, 0) is 48.9 Å². The van der Waals surface area contributed by atoms with Crippen LogP contribution in [-0.2, 0) is 5.75 Å². The second-order valence-corrected chi connectivity index (χ2v) is 7.01. The number of nitrogens with zero attached hydrogens (tertiary/aromatic N) is 3. The summed E-state index contributed by atoms with van der Waals surface area (Å²) in [4.78, 5) is 12.6. The molecule has 158 valence electrons. The predicted octanol–water partition coefficient (Wildman–Crippen LogP) is 2.80. The van der Waals surface area contributed by atoms with Crippen LogP contribution in [0.15, 0.2) is 52.4 Å². The van der Waals surface area contributed by atoms with E-state index in [0.29, 0.717) is 34.7 Å². The SMILES string of the molecule is CCOc1ccc(Nc2nnc(SCc3ccc(OC)c(OC)c3)n(N)c2=O)cc1. The first kappa shape index (κ1) is 21.3. The van der Waals surface area contributed by atoms with Gasteiger partial charge in [-0.1, -0.05) is 17.8 Å². The van der Waals surface area contributed by atoms with Gasteiger partial charge in [0.15, 0.2) is 11.5 Å². The molecular formula is C20H23N5O4S. The van der Waals surface area contributed by atoms with Crippen molar-refractivity contribution in [3.05, 3.63) is 58.4 Å². The third kappa shape index (κ3) is 4.95. The molecule has 10 heteroatoms. The number of ether oxygens (including phenoxy) is 3. The summed E-state index contributed by atoms with van der Waals surface area (Å²) in [6, 6.07) is 12.8. The lowest BCUT2D eigenvalue weighted by Gasteiger charge is -2.11. The Morgan fingerprint density at radius 2 is 1.80 bits per heavy atom. The third-order valence-corrected chi connectivity index (χ3v) is 5.12. The zero-order chi connectivity index (χ0) is 21.5. The molecule has 3 aromatic rings. The molecule has 1 heterocycles. The maximum Gasteiger partial charge on any atom is 0.315 e. The van der Waals surface area contributed by atoms with Crippen molar-refractivity contribution in [1.82, 2.24) is 14.9 Å². The minimum atomic E-state index is -0.478. The Labute approximate surface area is 178 Å². The van der Waals surface area contributed by atoms with Gasteiger partial charge in [-0.3, -0.25) is 4.79 Å². The highest BCUT2D eigenvalue weighted by Gasteiger charge is 2.12. The van der Waals surface area contributed by atoms with E-state index in [1.165, 1.54) is 11.8 Å². The molecule has 0 atom stereocenters. The van der Waals surface area contributed by atoms with Crippen LogP contribution in [0.4, 0.5) is 11.5 Å². The Bertz CT molecular complexity index is 1060. The number of thioether (sulfide) groups is 1. The number of benzene rings is 2. The molecule has 0 unspecified atom stereocenters. The van der Waals surface area contributed by atoms with Crippen molar-refractivity contribution >= 4 is 23.3 Å². The number of rotatable bonds is 9. The molecule has 0 aliphatic heterocycles. The van der Waals surface area contributed by atoms with Crippen LogP contribution in [0.25, 0.3) is 0 Å². The second kappa shape index (κ2) is 9.88. The summed E-state index contributed by atoms with van der Waals surface area (Å²) in [7, 11) is 3.16. The van der Waals surface area contributed by atoms with Gasteiger partial charge in [-0.2, -0.15) is 4.68 Å². The average molecular weight is 430 g/mol. The van der Waals surface area contributed by atoms with E-state index in [4.69, 9.17) is 20.1 Å². The first-order valence-corrected chi connectivity index (χ1v) is 10.1. The van der Waals surface area contributed by atoms with Crippen LogP contribution >= 0.6 is 11.8 Å². The number of hydrogen-bond acceptors (Lipinski definition) is 9. The van der Waals surface area contributed by atoms with E-state index in [-0.39, 0.29) is 5.82 Å². The summed E-state index contributed by atoms with van der Waals surface area (Å²) in [5, 5.41) is 11.3. The van der Waals surface area contributed by atoms with Gasteiger partial charge in [0.25, 0.3) is 0 Å². The fourth-order valence-corrected chi connectivity index (χ4v) is 3.41. The summed E-state index contributed by atoms with van der Waals surface area (Å²) in [6.07, 6.45) is 0. The van der Waals surface area contributed by atoms with Gasteiger partial charge in [-0.15, -0.1) is 10.2 Å². The zero-order valence-electron chi connectivity index (χ0n) is 16.9. The van der Waals surface area contributed by atoms with Gasteiger partial charge < -0.3 is 25.4 Å². The normalized spacial score (nSPS) is 10.5. The average Bonchev–Trinajstić information content (AvgIpc) is 2.77. The first-order valence-electron chi connectivity index (χ1n) is 9.14. The Morgan fingerprint density at radius 3 is 2.47 bits per heavy atom. The van der Waals surface area contributed by atoms with Gasteiger partial charge in [0.1, 0.15) is 5.75 Å². The first-order chi connectivity index (χ1) is 14.5. The Morgan fingerprint density at radius 1 is 1.07 bits per heavy atom. The van der Waals surface area contributed by atoms with E-state index >= 15 is 0 Å². The Hall–Kier alpha value is -3.40. The van der Waals surface area contributed by atoms with Crippen LogP contribution in [0.3, 0.4) is 0 Å². The monoisotopic (exact) mass is 429 g/mol. The van der Waals surface area contributed by atoms with E-state index in [2.05, 4.69) is 15.5 Å². The fourth-order valence-electron chi connectivity index (χ4n) is 2.62. The van der Waals surface area contributed by atoms with Crippen molar-refractivity contribution in [2.75, 3.05) is 32.0 Å². The van der Waals surface area contributed by atoms with E-state index < -0.39 is 5.56 Å². The number of anilines is 2. The molecule has 9 nitrogen and oxygen atoms in total. The number of hydrogen-bond donors (Lipinski definition) is 2. The maximum absolute atomic E-state index is 12.6. The summed E-state index contributed by atoms with van der Waals surface area (Å²) in [5.74, 6) is 8.52. The molecule has 0 aliphatic rings.